The highest BCUT2D eigenvalue weighted by Gasteiger charge is 2.06. The van der Waals surface area contributed by atoms with Gasteiger partial charge >= 0.3 is 0 Å². The standard InChI is InChI=1S/C13H10F2N2O/c14-11-3-1-2-9(6-11)8-17-13(18)10-4-5-16-12(15)7-10/h1-7H,8H2,(H,17,18). The van der Waals surface area contributed by atoms with Gasteiger partial charge in [-0.1, -0.05) is 12.1 Å². The Labute approximate surface area is 102 Å². The van der Waals surface area contributed by atoms with Gasteiger partial charge in [-0.2, -0.15) is 4.39 Å². The molecule has 1 N–H and O–H groups in total. The van der Waals surface area contributed by atoms with Crippen molar-refractivity contribution in [2.75, 3.05) is 0 Å². The highest BCUT2D eigenvalue weighted by molar-refractivity contribution is 5.93. The van der Waals surface area contributed by atoms with Crippen molar-refractivity contribution in [1.29, 1.82) is 0 Å². The minimum atomic E-state index is -0.714. The van der Waals surface area contributed by atoms with Crippen LogP contribution in [0, 0.1) is 11.8 Å². The van der Waals surface area contributed by atoms with Gasteiger partial charge in [0.1, 0.15) is 5.82 Å². The van der Waals surface area contributed by atoms with Gasteiger partial charge in [-0.15, -0.1) is 0 Å². The predicted octanol–water partition coefficient (Wildman–Crippen LogP) is 2.29. The maximum absolute atomic E-state index is 12.9. The lowest BCUT2D eigenvalue weighted by Crippen LogP contribution is -2.23. The van der Waals surface area contributed by atoms with E-state index in [2.05, 4.69) is 10.3 Å². The molecule has 0 aliphatic rings. The molecule has 0 aliphatic heterocycles. The predicted molar refractivity (Wildman–Crippen MR) is 61.8 cm³/mol. The number of nitrogens with one attached hydrogen (secondary N) is 1. The van der Waals surface area contributed by atoms with E-state index in [1.807, 2.05) is 0 Å². The SMILES string of the molecule is O=C(NCc1cccc(F)c1)c1ccnc(F)c1. The van der Waals surface area contributed by atoms with Crippen LogP contribution < -0.4 is 5.32 Å². The van der Waals surface area contributed by atoms with Crippen LogP contribution in [0.25, 0.3) is 0 Å². The Bertz CT molecular complexity index is 572. The molecule has 0 atom stereocenters. The fourth-order valence-electron chi connectivity index (χ4n) is 1.48. The van der Waals surface area contributed by atoms with Crippen LogP contribution in [-0.2, 0) is 6.54 Å². The van der Waals surface area contributed by atoms with Gasteiger partial charge in [0, 0.05) is 24.4 Å². The first-order valence-electron chi connectivity index (χ1n) is 5.29. The third-order valence-corrected chi connectivity index (χ3v) is 2.33. The number of amides is 1. The fraction of sp³-hybridized carbons (Fsp3) is 0.0769. The van der Waals surface area contributed by atoms with Gasteiger partial charge in [-0.25, -0.2) is 9.37 Å². The molecule has 3 nitrogen and oxygen atoms in total. The monoisotopic (exact) mass is 248 g/mol. The van der Waals surface area contributed by atoms with E-state index in [0.29, 0.717) is 5.56 Å². The Morgan fingerprint density at radius 3 is 2.78 bits per heavy atom. The van der Waals surface area contributed by atoms with Gasteiger partial charge in [0.05, 0.1) is 0 Å². The van der Waals surface area contributed by atoms with Crippen LogP contribution in [-0.4, -0.2) is 10.9 Å². The topological polar surface area (TPSA) is 42.0 Å². The molecule has 1 amide bonds. The number of carbonyl (C=O) groups is 1. The van der Waals surface area contributed by atoms with Crippen LogP contribution in [0.5, 0.6) is 0 Å². The lowest BCUT2D eigenvalue weighted by molar-refractivity contribution is 0.0950. The molecule has 5 heteroatoms. The van der Waals surface area contributed by atoms with Crippen molar-refractivity contribution in [2.45, 2.75) is 6.54 Å². The Morgan fingerprint density at radius 2 is 2.06 bits per heavy atom. The van der Waals surface area contributed by atoms with Crippen LogP contribution in [0.2, 0.25) is 0 Å². The third-order valence-electron chi connectivity index (χ3n) is 2.33. The number of pyridine rings is 1. The normalized spacial score (nSPS) is 10.1. The van der Waals surface area contributed by atoms with Gasteiger partial charge < -0.3 is 5.32 Å². The molecule has 92 valence electrons. The second-order valence-electron chi connectivity index (χ2n) is 3.68. The first-order chi connectivity index (χ1) is 8.65. The summed E-state index contributed by atoms with van der Waals surface area (Å²) in [5.41, 5.74) is 0.816. The van der Waals surface area contributed by atoms with Crippen molar-refractivity contribution in [3.8, 4) is 0 Å². The van der Waals surface area contributed by atoms with E-state index in [0.717, 1.165) is 6.07 Å². The zero-order chi connectivity index (χ0) is 13.0. The maximum Gasteiger partial charge on any atom is 0.251 e. The van der Waals surface area contributed by atoms with E-state index >= 15 is 0 Å². The highest BCUT2D eigenvalue weighted by Crippen LogP contribution is 2.04. The van der Waals surface area contributed by atoms with Crippen molar-refractivity contribution < 1.29 is 13.6 Å². The molecular weight excluding hydrogens is 238 g/mol. The smallest absolute Gasteiger partial charge is 0.251 e. The van der Waals surface area contributed by atoms with E-state index in [9.17, 15) is 13.6 Å². The average Bonchev–Trinajstić information content (AvgIpc) is 2.36. The number of benzene rings is 1. The van der Waals surface area contributed by atoms with Crippen molar-refractivity contribution >= 4 is 5.91 Å². The molecule has 0 bridgehead atoms. The minimum Gasteiger partial charge on any atom is -0.348 e. The Kier molecular flexibility index (Phi) is 3.62. The molecule has 1 aromatic heterocycles. The van der Waals surface area contributed by atoms with E-state index in [1.165, 1.54) is 24.4 Å². The number of hydrogen-bond donors (Lipinski definition) is 1. The Morgan fingerprint density at radius 1 is 1.22 bits per heavy atom. The molecule has 0 radical (unpaired) electrons. The summed E-state index contributed by atoms with van der Waals surface area (Å²) in [6, 6.07) is 8.35. The minimum absolute atomic E-state index is 0.180. The second kappa shape index (κ2) is 5.35. The second-order valence-corrected chi connectivity index (χ2v) is 3.68. The maximum atomic E-state index is 12.9. The van der Waals surface area contributed by atoms with Crippen LogP contribution in [0.1, 0.15) is 15.9 Å². The molecule has 0 fully saturated rings. The van der Waals surface area contributed by atoms with E-state index < -0.39 is 11.9 Å². The molecule has 2 rings (SSSR count). The first-order valence-corrected chi connectivity index (χ1v) is 5.29. The fourth-order valence-corrected chi connectivity index (χ4v) is 1.48. The summed E-state index contributed by atoms with van der Waals surface area (Å²) in [4.78, 5) is 15.0. The largest absolute Gasteiger partial charge is 0.348 e. The first kappa shape index (κ1) is 12.2. The van der Waals surface area contributed by atoms with Crippen LogP contribution in [0.4, 0.5) is 8.78 Å². The van der Waals surface area contributed by atoms with E-state index in [1.54, 1.807) is 12.1 Å². The Hall–Kier alpha value is -2.30. The summed E-state index contributed by atoms with van der Waals surface area (Å²) in [5.74, 6) is -1.51. The van der Waals surface area contributed by atoms with E-state index in [4.69, 9.17) is 0 Å². The molecule has 18 heavy (non-hydrogen) atoms. The molecule has 1 aromatic carbocycles. The average molecular weight is 248 g/mol. The molecule has 1 heterocycles. The number of aromatic nitrogens is 1. The van der Waals surface area contributed by atoms with Crippen molar-refractivity contribution in [3.63, 3.8) is 0 Å². The quantitative estimate of drug-likeness (QED) is 0.847. The molecule has 0 saturated heterocycles. The molecule has 0 saturated carbocycles. The van der Waals surface area contributed by atoms with E-state index in [-0.39, 0.29) is 17.9 Å². The molecule has 0 aliphatic carbocycles. The van der Waals surface area contributed by atoms with Gasteiger partial charge in [-0.05, 0) is 23.8 Å². The summed E-state index contributed by atoms with van der Waals surface area (Å²) in [6.45, 7) is 0.181. The number of carbonyl (C=O) groups excluding carboxylic acids is 1. The lowest BCUT2D eigenvalue weighted by Gasteiger charge is -2.05. The lowest BCUT2D eigenvalue weighted by atomic mass is 10.2. The van der Waals surface area contributed by atoms with Crippen molar-refractivity contribution in [3.05, 3.63) is 65.5 Å². The highest BCUT2D eigenvalue weighted by atomic mass is 19.1. The number of nitrogens with zero attached hydrogens (tertiary/aromatic N) is 1. The molecule has 0 spiro atoms. The van der Waals surface area contributed by atoms with Gasteiger partial charge in [-0.3, -0.25) is 4.79 Å². The van der Waals surface area contributed by atoms with Gasteiger partial charge in [0.2, 0.25) is 5.95 Å². The summed E-state index contributed by atoms with van der Waals surface area (Å²) in [6.07, 6.45) is 1.21. The number of rotatable bonds is 3. The van der Waals surface area contributed by atoms with Crippen LogP contribution >= 0.6 is 0 Å². The number of halogens is 2. The molecule has 2 aromatic rings. The van der Waals surface area contributed by atoms with Gasteiger partial charge in [0.25, 0.3) is 5.91 Å². The third kappa shape index (κ3) is 3.10. The van der Waals surface area contributed by atoms with Crippen LogP contribution in [0.15, 0.2) is 42.6 Å². The van der Waals surface area contributed by atoms with Crippen molar-refractivity contribution in [1.82, 2.24) is 10.3 Å². The summed E-state index contributed by atoms with van der Waals surface area (Å²) in [5, 5.41) is 2.57. The zero-order valence-corrected chi connectivity index (χ0v) is 9.36. The van der Waals surface area contributed by atoms with Gasteiger partial charge in [0.15, 0.2) is 0 Å². The summed E-state index contributed by atoms with van der Waals surface area (Å²) < 4.78 is 25.7. The zero-order valence-electron chi connectivity index (χ0n) is 9.36. The molecule has 0 unspecified atom stereocenters. The summed E-state index contributed by atoms with van der Waals surface area (Å²) in [7, 11) is 0. The summed E-state index contributed by atoms with van der Waals surface area (Å²) >= 11 is 0. The van der Waals surface area contributed by atoms with Crippen molar-refractivity contribution in [2.24, 2.45) is 0 Å². The number of hydrogen-bond acceptors (Lipinski definition) is 2. The van der Waals surface area contributed by atoms with Crippen LogP contribution in [0.3, 0.4) is 0 Å². The molecular formula is C13H10F2N2O. The Balaban J connectivity index is 2.00.